The molecule has 0 fully saturated rings. The maximum atomic E-state index is 12.6. The van der Waals surface area contributed by atoms with Crippen LogP contribution >= 0.6 is 11.3 Å². The first kappa shape index (κ1) is 21.2. The average molecular weight is 429 g/mol. The van der Waals surface area contributed by atoms with Gasteiger partial charge in [-0.3, -0.25) is 4.79 Å². The second-order valence-electron chi connectivity index (χ2n) is 6.66. The Bertz CT molecular complexity index is 1030. The fraction of sp³-hybridized carbons (Fsp3) is 0.227. The van der Waals surface area contributed by atoms with Gasteiger partial charge in [-0.25, -0.2) is 13.1 Å². The lowest BCUT2D eigenvalue weighted by Gasteiger charge is -2.16. The molecule has 0 spiro atoms. The van der Waals surface area contributed by atoms with E-state index in [1.165, 1.54) is 29.0 Å². The van der Waals surface area contributed by atoms with Crippen molar-refractivity contribution < 1.29 is 13.2 Å². The monoisotopic (exact) mass is 428 g/mol. The Labute approximate surface area is 175 Å². The predicted molar refractivity (Wildman–Crippen MR) is 117 cm³/mol. The van der Waals surface area contributed by atoms with Crippen molar-refractivity contribution in [2.24, 2.45) is 0 Å². The zero-order valence-electron chi connectivity index (χ0n) is 16.2. The Kier molecular flexibility index (Phi) is 7.19. The van der Waals surface area contributed by atoms with E-state index in [4.69, 9.17) is 0 Å². The Morgan fingerprint density at radius 3 is 2.52 bits per heavy atom. The van der Waals surface area contributed by atoms with Crippen LogP contribution in [0.15, 0.2) is 77.0 Å². The molecule has 3 rings (SSSR count). The van der Waals surface area contributed by atoms with Gasteiger partial charge in [0, 0.05) is 29.4 Å². The van der Waals surface area contributed by atoms with Crippen molar-refractivity contribution in [1.82, 2.24) is 10.0 Å². The van der Waals surface area contributed by atoms with Gasteiger partial charge in [0.2, 0.25) is 10.0 Å². The van der Waals surface area contributed by atoms with Crippen molar-refractivity contribution in [3.8, 4) is 0 Å². The Hall–Kier alpha value is -2.48. The molecule has 1 amide bonds. The van der Waals surface area contributed by atoms with Gasteiger partial charge in [0.1, 0.15) is 0 Å². The van der Waals surface area contributed by atoms with E-state index in [1.54, 1.807) is 12.1 Å². The highest BCUT2D eigenvalue weighted by Crippen LogP contribution is 2.19. The minimum Gasteiger partial charge on any atom is -0.351 e. The first-order chi connectivity index (χ1) is 14.0. The van der Waals surface area contributed by atoms with Gasteiger partial charge in [-0.2, -0.15) is 0 Å². The summed E-state index contributed by atoms with van der Waals surface area (Å²) in [7, 11) is -3.69. The van der Waals surface area contributed by atoms with Gasteiger partial charge in [0.15, 0.2) is 0 Å². The third-order valence-corrected chi connectivity index (χ3v) is 6.97. The summed E-state index contributed by atoms with van der Waals surface area (Å²) in [6, 6.07) is 19.9. The molecule has 0 aliphatic rings. The third kappa shape index (κ3) is 5.76. The van der Waals surface area contributed by atoms with Crippen LogP contribution in [0.4, 0.5) is 0 Å². The second kappa shape index (κ2) is 9.82. The maximum absolute atomic E-state index is 12.6. The van der Waals surface area contributed by atoms with Gasteiger partial charge in [0.25, 0.3) is 5.91 Å². The summed E-state index contributed by atoms with van der Waals surface area (Å²) in [5, 5.41) is 4.83. The van der Waals surface area contributed by atoms with Gasteiger partial charge in [-0.05, 0) is 41.6 Å². The Balaban J connectivity index is 1.65. The number of amides is 1. The number of hydrogen-bond donors (Lipinski definition) is 2. The third-order valence-electron chi connectivity index (χ3n) is 4.70. The van der Waals surface area contributed by atoms with Crippen molar-refractivity contribution in [3.05, 3.63) is 88.1 Å². The van der Waals surface area contributed by atoms with Crippen LogP contribution in [-0.2, 0) is 16.6 Å². The zero-order valence-corrected chi connectivity index (χ0v) is 17.8. The van der Waals surface area contributed by atoms with Crippen LogP contribution in [0.25, 0.3) is 0 Å². The summed E-state index contributed by atoms with van der Waals surface area (Å²) in [4.78, 5) is 13.6. The number of carbonyl (C=O) groups is 1. The normalized spacial score (nSPS) is 12.4. The molecule has 5 nitrogen and oxygen atoms in total. The van der Waals surface area contributed by atoms with Gasteiger partial charge in [0.05, 0.1) is 4.90 Å². The molecule has 1 unspecified atom stereocenters. The molecule has 0 aliphatic carbocycles. The summed E-state index contributed by atoms with van der Waals surface area (Å²) in [6.45, 7) is 2.80. The van der Waals surface area contributed by atoms with Gasteiger partial charge in [-0.15, -0.1) is 11.3 Å². The van der Waals surface area contributed by atoms with Crippen LogP contribution in [0.1, 0.15) is 40.1 Å². The highest BCUT2D eigenvalue weighted by molar-refractivity contribution is 7.89. The standard InChI is InChI=1S/C22H24N2O3S2/c1-2-17(18-8-4-3-5-9-18)15-23-22(25)19-10-6-12-21(14-19)29(26,27)24-16-20-11-7-13-28-20/h3-14,17,24H,2,15-16H2,1H3,(H,23,25). The van der Waals surface area contributed by atoms with Gasteiger partial charge >= 0.3 is 0 Å². The second-order valence-corrected chi connectivity index (χ2v) is 9.46. The summed E-state index contributed by atoms with van der Waals surface area (Å²) in [5.74, 6) is -0.0748. The molecule has 1 heterocycles. The van der Waals surface area contributed by atoms with Crippen molar-refractivity contribution in [2.45, 2.75) is 30.7 Å². The molecule has 2 N–H and O–H groups in total. The van der Waals surface area contributed by atoms with Gasteiger partial charge < -0.3 is 5.32 Å². The summed E-state index contributed by atoms with van der Waals surface area (Å²) >= 11 is 1.49. The van der Waals surface area contributed by atoms with E-state index in [-0.39, 0.29) is 23.3 Å². The fourth-order valence-electron chi connectivity index (χ4n) is 3.01. The van der Waals surface area contributed by atoms with E-state index in [1.807, 2.05) is 47.8 Å². The molecule has 152 valence electrons. The molecule has 0 saturated heterocycles. The lowest BCUT2D eigenvalue weighted by Crippen LogP contribution is -2.29. The number of nitrogens with one attached hydrogen (secondary N) is 2. The number of benzene rings is 2. The largest absolute Gasteiger partial charge is 0.351 e. The molecule has 0 radical (unpaired) electrons. The molecular weight excluding hydrogens is 404 g/mol. The number of hydrogen-bond acceptors (Lipinski definition) is 4. The van der Waals surface area contributed by atoms with Crippen LogP contribution < -0.4 is 10.0 Å². The van der Waals surface area contributed by atoms with Crippen molar-refractivity contribution >= 4 is 27.3 Å². The fourth-order valence-corrected chi connectivity index (χ4v) is 4.80. The number of sulfonamides is 1. The molecule has 29 heavy (non-hydrogen) atoms. The lowest BCUT2D eigenvalue weighted by atomic mass is 9.96. The smallest absolute Gasteiger partial charge is 0.251 e. The zero-order chi connectivity index (χ0) is 20.7. The van der Waals surface area contributed by atoms with E-state index in [9.17, 15) is 13.2 Å². The molecule has 1 atom stereocenters. The molecule has 1 aromatic heterocycles. The van der Waals surface area contributed by atoms with Crippen molar-refractivity contribution in [1.29, 1.82) is 0 Å². The minimum atomic E-state index is -3.69. The topological polar surface area (TPSA) is 75.3 Å². The molecule has 0 saturated carbocycles. The summed E-state index contributed by atoms with van der Waals surface area (Å²) in [5.41, 5.74) is 1.50. The number of carbonyl (C=O) groups excluding carboxylic acids is 1. The Morgan fingerprint density at radius 2 is 1.83 bits per heavy atom. The van der Waals surface area contributed by atoms with E-state index in [2.05, 4.69) is 17.0 Å². The minimum absolute atomic E-state index is 0.0804. The Morgan fingerprint density at radius 1 is 1.03 bits per heavy atom. The summed E-state index contributed by atoms with van der Waals surface area (Å²) < 4.78 is 27.7. The summed E-state index contributed by atoms with van der Waals surface area (Å²) in [6.07, 6.45) is 0.894. The average Bonchev–Trinajstić information content (AvgIpc) is 3.27. The van der Waals surface area contributed by atoms with Gasteiger partial charge in [-0.1, -0.05) is 49.4 Å². The van der Waals surface area contributed by atoms with Crippen LogP contribution in [0, 0.1) is 0 Å². The van der Waals surface area contributed by atoms with E-state index >= 15 is 0 Å². The molecule has 0 bridgehead atoms. The molecule has 0 aliphatic heterocycles. The lowest BCUT2D eigenvalue weighted by molar-refractivity contribution is 0.0950. The van der Waals surface area contributed by atoms with Crippen LogP contribution in [-0.4, -0.2) is 20.9 Å². The predicted octanol–water partition coefficient (Wildman–Crippen LogP) is 4.15. The van der Waals surface area contributed by atoms with E-state index in [0.29, 0.717) is 12.1 Å². The first-order valence-corrected chi connectivity index (χ1v) is 11.8. The first-order valence-electron chi connectivity index (χ1n) is 9.45. The highest BCUT2D eigenvalue weighted by Gasteiger charge is 2.17. The quantitative estimate of drug-likeness (QED) is 0.538. The number of rotatable bonds is 9. The van der Waals surface area contributed by atoms with E-state index in [0.717, 1.165) is 11.3 Å². The molecule has 3 aromatic rings. The molecular formula is C22H24N2O3S2. The molecule has 2 aromatic carbocycles. The number of thiophene rings is 1. The van der Waals surface area contributed by atoms with Crippen molar-refractivity contribution in [2.75, 3.05) is 6.54 Å². The highest BCUT2D eigenvalue weighted by atomic mass is 32.2. The molecule has 7 heteroatoms. The SMILES string of the molecule is CCC(CNC(=O)c1cccc(S(=O)(=O)NCc2cccs2)c1)c1ccccc1. The van der Waals surface area contributed by atoms with Crippen molar-refractivity contribution in [3.63, 3.8) is 0 Å². The maximum Gasteiger partial charge on any atom is 0.251 e. The van der Waals surface area contributed by atoms with E-state index < -0.39 is 10.0 Å². The van der Waals surface area contributed by atoms with Crippen LogP contribution in [0.3, 0.4) is 0 Å². The van der Waals surface area contributed by atoms with Crippen LogP contribution in [0.5, 0.6) is 0 Å². The van der Waals surface area contributed by atoms with Crippen LogP contribution in [0.2, 0.25) is 0 Å².